The Morgan fingerprint density at radius 1 is 0.850 bits per heavy atom. The smallest absolute Gasteiger partial charge is 0.326 e. The summed E-state index contributed by atoms with van der Waals surface area (Å²) in [7, 11) is 0. The Balaban J connectivity index is 1.80. The summed E-state index contributed by atoms with van der Waals surface area (Å²) >= 11 is 0. The van der Waals surface area contributed by atoms with Crippen LogP contribution in [0.3, 0.4) is 0 Å². The Morgan fingerprint density at radius 3 is 2.08 bits per heavy atom. The molecular weight excluding hydrogens is 518 g/mol. The number of aliphatic carboxylic acids is 1. The largest absolute Gasteiger partial charge is 0.508 e. The summed E-state index contributed by atoms with van der Waals surface area (Å²) in [6.07, 6.45) is 1.60. The number of aromatic hydroxyl groups is 1. The van der Waals surface area contributed by atoms with Gasteiger partial charge in [-0.15, -0.1) is 0 Å². The molecule has 0 aliphatic heterocycles. The first-order valence-electron chi connectivity index (χ1n) is 12.8. The average molecular weight is 554 g/mol. The molecule has 0 saturated carbocycles. The van der Waals surface area contributed by atoms with Crippen molar-refractivity contribution >= 4 is 34.6 Å². The van der Waals surface area contributed by atoms with Crippen LogP contribution in [0.2, 0.25) is 0 Å². The number of aromatic amines is 1. The van der Waals surface area contributed by atoms with Crippen molar-refractivity contribution in [2.45, 2.75) is 50.9 Å². The van der Waals surface area contributed by atoms with Crippen molar-refractivity contribution < 1.29 is 34.5 Å². The van der Waals surface area contributed by atoms with Crippen LogP contribution in [0.5, 0.6) is 5.75 Å². The molecule has 40 heavy (non-hydrogen) atoms. The molecule has 9 N–H and O–H groups in total. The molecule has 3 aromatic rings. The second-order valence-electron chi connectivity index (χ2n) is 9.91. The Morgan fingerprint density at radius 2 is 1.45 bits per heavy atom. The van der Waals surface area contributed by atoms with Crippen molar-refractivity contribution in [3.8, 4) is 5.75 Å². The molecule has 214 valence electrons. The maximum Gasteiger partial charge on any atom is 0.326 e. The molecule has 0 fully saturated rings. The number of aliphatic hydroxyl groups excluding tert-OH is 1. The zero-order valence-corrected chi connectivity index (χ0v) is 22.3. The van der Waals surface area contributed by atoms with Crippen LogP contribution in [-0.2, 0) is 32.0 Å². The second-order valence-corrected chi connectivity index (χ2v) is 9.91. The number of carbonyl (C=O) groups is 4. The molecule has 0 aliphatic carbocycles. The van der Waals surface area contributed by atoms with Crippen molar-refractivity contribution in [1.29, 1.82) is 0 Å². The number of nitrogens with two attached hydrogens (primary N) is 1. The molecule has 0 aliphatic rings. The van der Waals surface area contributed by atoms with E-state index in [1.54, 1.807) is 32.2 Å². The summed E-state index contributed by atoms with van der Waals surface area (Å²) < 4.78 is 0. The normalized spacial score (nSPS) is 14.2. The molecule has 0 radical (unpaired) electrons. The highest BCUT2D eigenvalue weighted by molar-refractivity contribution is 5.94. The Bertz CT molecular complexity index is 1340. The number of amides is 3. The third-order valence-electron chi connectivity index (χ3n) is 6.56. The molecule has 4 atom stereocenters. The molecule has 0 saturated heterocycles. The molecule has 12 nitrogen and oxygen atoms in total. The summed E-state index contributed by atoms with van der Waals surface area (Å²) in [6, 6.07) is 8.37. The van der Waals surface area contributed by atoms with Crippen LogP contribution in [0.25, 0.3) is 10.9 Å². The van der Waals surface area contributed by atoms with Gasteiger partial charge in [0, 0.05) is 29.9 Å². The Hall–Kier alpha value is -4.42. The number of H-pyrrole nitrogens is 1. The van der Waals surface area contributed by atoms with Crippen molar-refractivity contribution in [2.24, 2.45) is 11.7 Å². The van der Waals surface area contributed by atoms with Crippen molar-refractivity contribution in [2.75, 3.05) is 6.61 Å². The number of carboxylic acid groups (broad SMARTS) is 1. The van der Waals surface area contributed by atoms with E-state index >= 15 is 0 Å². The number of fused-ring (bicyclic) bond motifs is 1. The SMILES string of the molecule is CC(C)C(N)C(=O)NC(CO)C(=O)NC(Cc1ccc(O)cc1)C(=O)NC(Cc1c[nH]c2ccccc12)C(=O)O. The molecule has 0 bridgehead atoms. The van der Waals surface area contributed by atoms with Crippen molar-refractivity contribution in [1.82, 2.24) is 20.9 Å². The predicted molar refractivity (Wildman–Crippen MR) is 147 cm³/mol. The van der Waals surface area contributed by atoms with E-state index in [9.17, 15) is 34.5 Å². The maximum atomic E-state index is 13.4. The number of aliphatic hydroxyl groups is 1. The molecule has 2 aromatic carbocycles. The number of aromatic nitrogens is 1. The van der Waals surface area contributed by atoms with E-state index in [-0.39, 0.29) is 24.5 Å². The van der Waals surface area contributed by atoms with E-state index in [4.69, 9.17) is 5.73 Å². The van der Waals surface area contributed by atoms with Gasteiger partial charge in [-0.2, -0.15) is 0 Å². The first kappa shape index (κ1) is 30.1. The minimum Gasteiger partial charge on any atom is -0.508 e. The highest BCUT2D eigenvalue weighted by Gasteiger charge is 2.31. The zero-order chi connectivity index (χ0) is 29.4. The molecule has 3 amide bonds. The lowest BCUT2D eigenvalue weighted by Gasteiger charge is -2.25. The number of carboxylic acids is 1. The van der Waals surface area contributed by atoms with Gasteiger partial charge >= 0.3 is 5.97 Å². The van der Waals surface area contributed by atoms with Crippen LogP contribution >= 0.6 is 0 Å². The lowest BCUT2D eigenvalue weighted by atomic mass is 10.0. The summed E-state index contributed by atoms with van der Waals surface area (Å²) in [6.45, 7) is 2.70. The van der Waals surface area contributed by atoms with E-state index in [1.165, 1.54) is 12.1 Å². The van der Waals surface area contributed by atoms with Gasteiger partial charge in [0.15, 0.2) is 0 Å². The Kier molecular flexibility index (Phi) is 10.2. The molecule has 1 aromatic heterocycles. The van der Waals surface area contributed by atoms with Gasteiger partial charge in [-0.3, -0.25) is 14.4 Å². The fourth-order valence-corrected chi connectivity index (χ4v) is 4.11. The summed E-state index contributed by atoms with van der Waals surface area (Å²) in [5, 5.41) is 37.4. The van der Waals surface area contributed by atoms with Gasteiger partial charge in [-0.25, -0.2) is 4.79 Å². The molecule has 4 unspecified atom stereocenters. The third-order valence-corrected chi connectivity index (χ3v) is 6.56. The van der Waals surface area contributed by atoms with E-state index in [0.717, 1.165) is 10.9 Å². The third kappa shape index (κ3) is 7.80. The number of rotatable bonds is 13. The zero-order valence-electron chi connectivity index (χ0n) is 22.3. The van der Waals surface area contributed by atoms with Gasteiger partial charge in [-0.05, 0) is 35.2 Å². The second kappa shape index (κ2) is 13.6. The Labute approximate surface area is 231 Å². The number of carbonyl (C=O) groups excluding carboxylic acids is 3. The van der Waals surface area contributed by atoms with Gasteiger partial charge < -0.3 is 42.0 Å². The minimum atomic E-state index is -1.39. The number of hydrogen-bond donors (Lipinski definition) is 8. The number of hydrogen-bond acceptors (Lipinski definition) is 7. The number of phenols is 1. The lowest BCUT2D eigenvalue weighted by molar-refractivity contribution is -0.142. The van der Waals surface area contributed by atoms with Crippen molar-refractivity contribution in [3.05, 3.63) is 65.9 Å². The van der Waals surface area contributed by atoms with E-state index in [1.807, 2.05) is 24.3 Å². The molecular formula is C28H35N5O7. The number of nitrogens with one attached hydrogen (secondary N) is 4. The number of phenolic OH excluding ortho intramolecular Hbond substituents is 1. The first-order valence-corrected chi connectivity index (χ1v) is 12.8. The lowest BCUT2D eigenvalue weighted by Crippen LogP contribution is -2.59. The minimum absolute atomic E-state index is 0.00278. The van der Waals surface area contributed by atoms with Crippen LogP contribution in [0, 0.1) is 5.92 Å². The summed E-state index contributed by atoms with van der Waals surface area (Å²) in [4.78, 5) is 53.9. The van der Waals surface area contributed by atoms with Gasteiger partial charge in [0.1, 0.15) is 23.9 Å². The van der Waals surface area contributed by atoms with Gasteiger partial charge in [0.2, 0.25) is 17.7 Å². The average Bonchev–Trinajstić information content (AvgIpc) is 3.33. The molecule has 0 spiro atoms. The van der Waals surface area contributed by atoms with E-state index in [2.05, 4.69) is 20.9 Å². The molecule has 3 rings (SSSR count). The van der Waals surface area contributed by atoms with Gasteiger partial charge in [0.25, 0.3) is 0 Å². The quantitative estimate of drug-likeness (QED) is 0.146. The molecule has 1 heterocycles. The van der Waals surface area contributed by atoms with E-state index < -0.39 is 54.5 Å². The summed E-state index contributed by atoms with van der Waals surface area (Å²) in [5.74, 6) is -3.77. The van der Waals surface area contributed by atoms with Crippen LogP contribution < -0.4 is 21.7 Å². The maximum absolute atomic E-state index is 13.4. The van der Waals surface area contributed by atoms with Crippen molar-refractivity contribution in [3.63, 3.8) is 0 Å². The highest BCUT2D eigenvalue weighted by Crippen LogP contribution is 2.19. The van der Waals surface area contributed by atoms with Crippen LogP contribution in [0.4, 0.5) is 0 Å². The summed E-state index contributed by atoms with van der Waals surface area (Å²) in [5.41, 5.74) is 7.90. The molecule has 12 heteroatoms. The standard InChI is InChI=1S/C28H35N5O7/c1-15(2)24(29)27(38)33-23(14-34)26(37)31-21(11-16-7-9-18(35)10-8-16)25(36)32-22(28(39)40)12-17-13-30-20-6-4-3-5-19(17)20/h3-10,13,15,21-24,30,34-35H,11-12,14,29H2,1-2H3,(H,31,37)(H,32,36)(H,33,38)(H,39,40). The van der Waals surface area contributed by atoms with Gasteiger partial charge in [-0.1, -0.05) is 44.2 Å². The number of para-hydroxylation sites is 1. The van der Waals surface area contributed by atoms with Crippen LogP contribution in [0.15, 0.2) is 54.7 Å². The van der Waals surface area contributed by atoms with Gasteiger partial charge in [0.05, 0.1) is 12.6 Å². The topological polar surface area (TPSA) is 207 Å². The fourth-order valence-electron chi connectivity index (χ4n) is 4.11. The van der Waals surface area contributed by atoms with Crippen LogP contribution in [0.1, 0.15) is 25.0 Å². The van der Waals surface area contributed by atoms with E-state index in [0.29, 0.717) is 11.1 Å². The highest BCUT2D eigenvalue weighted by atomic mass is 16.4. The number of benzene rings is 2. The first-order chi connectivity index (χ1) is 19.0. The fraction of sp³-hybridized carbons (Fsp3) is 0.357. The monoisotopic (exact) mass is 553 g/mol. The predicted octanol–water partition coefficient (Wildman–Crippen LogP) is 0.173. The van der Waals surface area contributed by atoms with Crippen LogP contribution in [-0.4, -0.2) is 74.8 Å².